The fourth-order valence-electron chi connectivity index (χ4n) is 1.48. The monoisotopic (exact) mass is 206 g/mol. The minimum absolute atomic E-state index is 0.0366. The molecule has 0 fully saturated rings. The van der Waals surface area contributed by atoms with Crippen LogP contribution in [0.15, 0.2) is 16.9 Å². The third kappa shape index (κ3) is 1.60. The molecule has 0 aliphatic heterocycles. The molecule has 5 nitrogen and oxygen atoms in total. The van der Waals surface area contributed by atoms with Crippen LogP contribution in [0.25, 0.3) is 11.3 Å². The quantitative estimate of drug-likeness (QED) is 0.747. The van der Waals surface area contributed by atoms with E-state index in [-0.39, 0.29) is 5.41 Å². The van der Waals surface area contributed by atoms with Gasteiger partial charge in [-0.25, -0.2) is 0 Å². The van der Waals surface area contributed by atoms with Gasteiger partial charge in [0.2, 0.25) is 0 Å². The zero-order valence-electron chi connectivity index (χ0n) is 9.03. The largest absolute Gasteiger partial charge is 0.394 e. The fourth-order valence-corrected chi connectivity index (χ4v) is 1.48. The maximum absolute atomic E-state index is 5.75. The van der Waals surface area contributed by atoms with Gasteiger partial charge in [-0.3, -0.25) is 5.10 Å². The summed E-state index contributed by atoms with van der Waals surface area (Å²) in [6.45, 7) is 6.28. The summed E-state index contributed by atoms with van der Waals surface area (Å²) in [7, 11) is 0. The molecule has 2 rings (SSSR count). The van der Waals surface area contributed by atoms with E-state index in [4.69, 9.17) is 10.3 Å². The molecule has 2 aromatic rings. The molecule has 0 atom stereocenters. The summed E-state index contributed by atoms with van der Waals surface area (Å²) >= 11 is 0. The number of nitrogen functional groups attached to an aromatic ring is 1. The Morgan fingerprint density at radius 1 is 1.33 bits per heavy atom. The number of anilines is 1. The van der Waals surface area contributed by atoms with E-state index in [2.05, 4.69) is 36.1 Å². The van der Waals surface area contributed by atoms with Crippen molar-refractivity contribution in [1.82, 2.24) is 15.4 Å². The normalized spacial score (nSPS) is 11.9. The van der Waals surface area contributed by atoms with Gasteiger partial charge in [-0.05, 0) is 0 Å². The van der Waals surface area contributed by atoms with Crippen LogP contribution in [0.5, 0.6) is 0 Å². The molecule has 0 bridgehead atoms. The molecule has 0 amide bonds. The predicted molar refractivity (Wildman–Crippen MR) is 57.2 cm³/mol. The van der Waals surface area contributed by atoms with E-state index in [1.54, 1.807) is 6.20 Å². The van der Waals surface area contributed by atoms with Crippen LogP contribution in [0.2, 0.25) is 0 Å². The van der Waals surface area contributed by atoms with E-state index in [9.17, 15) is 0 Å². The summed E-state index contributed by atoms with van der Waals surface area (Å²) in [4.78, 5) is 0. The lowest BCUT2D eigenvalue weighted by Crippen LogP contribution is -2.13. The Balaban J connectivity index is 2.56. The lowest BCUT2D eigenvalue weighted by molar-refractivity contribution is 0.431. The molecule has 0 saturated heterocycles. The van der Waals surface area contributed by atoms with Crippen LogP contribution in [-0.4, -0.2) is 15.4 Å². The summed E-state index contributed by atoms with van der Waals surface area (Å²) in [6.07, 6.45) is 3.20. The standard InChI is InChI=1S/C10H14N4O/c1-10(2,3)9-6(4-12-14-9)8-7(11)5-13-15-8/h4-5H,11H2,1-3H3,(H,12,14). The molecule has 0 aliphatic rings. The smallest absolute Gasteiger partial charge is 0.193 e. The summed E-state index contributed by atoms with van der Waals surface area (Å²) in [6, 6.07) is 0. The molecule has 0 radical (unpaired) electrons. The summed E-state index contributed by atoms with van der Waals surface area (Å²) < 4.78 is 5.11. The number of H-pyrrole nitrogens is 1. The van der Waals surface area contributed by atoms with E-state index in [0.29, 0.717) is 11.4 Å². The molecule has 0 unspecified atom stereocenters. The highest BCUT2D eigenvalue weighted by atomic mass is 16.5. The molecular weight excluding hydrogens is 192 g/mol. The van der Waals surface area contributed by atoms with Gasteiger partial charge in [-0.1, -0.05) is 25.9 Å². The second kappa shape index (κ2) is 3.12. The van der Waals surface area contributed by atoms with Gasteiger partial charge >= 0.3 is 0 Å². The van der Waals surface area contributed by atoms with E-state index in [1.165, 1.54) is 6.20 Å². The molecule has 0 aromatic carbocycles. The predicted octanol–water partition coefficient (Wildman–Crippen LogP) is 1.94. The lowest BCUT2D eigenvalue weighted by Gasteiger charge is -2.17. The third-order valence-electron chi connectivity index (χ3n) is 2.23. The molecule has 2 aromatic heterocycles. The molecule has 0 saturated carbocycles. The minimum Gasteiger partial charge on any atom is -0.394 e. The third-order valence-corrected chi connectivity index (χ3v) is 2.23. The molecule has 3 N–H and O–H groups in total. The first-order valence-electron chi connectivity index (χ1n) is 4.74. The number of nitrogens with two attached hydrogens (primary N) is 1. The second-order valence-corrected chi connectivity index (χ2v) is 4.52. The Labute approximate surface area is 87.7 Å². The van der Waals surface area contributed by atoms with Crippen molar-refractivity contribution >= 4 is 5.69 Å². The average molecular weight is 206 g/mol. The SMILES string of the molecule is CC(C)(C)c1[nH]ncc1-c1oncc1N. The van der Waals surface area contributed by atoms with Crippen molar-refractivity contribution in [3.05, 3.63) is 18.1 Å². The maximum Gasteiger partial charge on any atom is 0.193 e. The number of hydrogen-bond acceptors (Lipinski definition) is 4. The van der Waals surface area contributed by atoms with Crippen molar-refractivity contribution in [2.24, 2.45) is 0 Å². The van der Waals surface area contributed by atoms with Crippen molar-refractivity contribution < 1.29 is 4.52 Å². The first-order chi connectivity index (χ1) is 7.00. The lowest BCUT2D eigenvalue weighted by atomic mass is 9.89. The van der Waals surface area contributed by atoms with Crippen LogP contribution in [0.3, 0.4) is 0 Å². The summed E-state index contributed by atoms with van der Waals surface area (Å²) in [5, 5.41) is 10.6. The number of hydrogen-bond donors (Lipinski definition) is 2. The van der Waals surface area contributed by atoms with Crippen LogP contribution in [0, 0.1) is 0 Å². The first-order valence-corrected chi connectivity index (χ1v) is 4.74. The van der Waals surface area contributed by atoms with E-state index in [1.807, 2.05) is 0 Å². The van der Waals surface area contributed by atoms with Gasteiger partial charge in [-0.2, -0.15) is 5.10 Å². The van der Waals surface area contributed by atoms with Crippen LogP contribution < -0.4 is 5.73 Å². The molecule has 5 heteroatoms. The number of nitrogens with zero attached hydrogens (tertiary/aromatic N) is 2. The Bertz CT molecular complexity index is 464. The summed E-state index contributed by atoms with van der Waals surface area (Å²) in [5.74, 6) is 0.577. The topological polar surface area (TPSA) is 80.7 Å². The summed E-state index contributed by atoms with van der Waals surface area (Å²) in [5.41, 5.74) is 8.10. The Hall–Kier alpha value is -1.78. The van der Waals surface area contributed by atoms with Gasteiger partial charge in [0, 0.05) is 5.41 Å². The number of rotatable bonds is 1. The van der Waals surface area contributed by atoms with Gasteiger partial charge < -0.3 is 10.3 Å². The number of aromatic nitrogens is 3. The number of nitrogens with one attached hydrogen (secondary N) is 1. The van der Waals surface area contributed by atoms with Crippen molar-refractivity contribution in [3.8, 4) is 11.3 Å². The zero-order valence-corrected chi connectivity index (χ0v) is 9.03. The maximum atomic E-state index is 5.75. The highest BCUT2D eigenvalue weighted by molar-refractivity contribution is 5.71. The van der Waals surface area contributed by atoms with Gasteiger partial charge in [0.15, 0.2) is 5.76 Å². The molecular formula is C10H14N4O. The number of aromatic amines is 1. The van der Waals surface area contributed by atoms with Crippen LogP contribution in [-0.2, 0) is 5.41 Å². The zero-order chi connectivity index (χ0) is 11.1. The molecule has 80 valence electrons. The van der Waals surface area contributed by atoms with Gasteiger partial charge in [0.05, 0.1) is 23.7 Å². The van der Waals surface area contributed by atoms with Crippen LogP contribution >= 0.6 is 0 Å². The van der Waals surface area contributed by atoms with Crippen LogP contribution in [0.4, 0.5) is 5.69 Å². The molecule has 0 spiro atoms. The van der Waals surface area contributed by atoms with E-state index >= 15 is 0 Å². The minimum atomic E-state index is -0.0366. The second-order valence-electron chi connectivity index (χ2n) is 4.52. The first kappa shape index (κ1) is 9.76. The Morgan fingerprint density at radius 2 is 2.07 bits per heavy atom. The van der Waals surface area contributed by atoms with Crippen molar-refractivity contribution in [2.75, 3.05) is 5.73 Å². The van der Waals surface area contributed by atoms with Crippen molar-refractivity contribution in [1.29, 1.82) is 0 Å². The van der Waals surface area contributed by atoms with Gasteiger partial charge in [0.25, 0.3) is 0 Å². The highest BCUT2D eigenvalue weighted by Crippen LogP contribution is 2.33. The molecule has 0 aliphatic carbocycles. The van der Waals surface area contributed by atoms with Crippen molar-refractivity contribution in [3.63, 3.8) is 0 Å². The molecule has 2 heterocycles. The highest BCUT2D eigenvalue weighted by Gasteiger charge is 2.23. The van der Waals surface area contributed by atoms with Gasteiger partial charge in [0.1, 0.15) is 5.69 Å². The Morgan fingerprint density at radius 3 is 2.60 bits per heavy atom. The van der Waals surface area contributed by atoms with E-state index < -0.39 is 0 Å². The van der Waals surface area contributed by atoms with Crippen molar-refractivity contribution in [2.45, 2.75) is 26.2 Å². The average Bonchev–Trinajstić information content (AvgIpc) is 2.69. The van der Waals surface area contributed by atoms with E-state index in [0.717, 1.165) is 11.3 Å². The van der Waals surface area contributed by atoms with Gasteiger partial charge in [-0.15, -0.1) is 0 Å². The fraction of sp³-hybridized carbons (Fsp3) is 0.400. The van der Waals surface area contributed by atoms with Crippen LogP contribution in [0.1, 0.15) is 26.5 Å². The Kier molecular flexibility index (Phi) is 2.03. The molecule has 15 heavy (non-hydrogen) atoms.